The predicted molar refractivity (Wildman–Crippen MR) is 79.7 cm³/mol. The van der Waals surface area contributed by atoms with Crippen LogP contribution in [0.15, 0.2) is 18.5 Å². The Morgan fingerprint density at radius 3 is 2.79 bits per heavy atom. The van der Waals surface area contributed by atoms with E-state index < -0.39 is 0 Å². The van der Waals surface area contributed by atoms with Crippen molar-refractivity contribution in [3.8, 4) is 17.6 Å². The lowest BCUT2D eigenvalue weighted by Crippen LogP contribution is -2.27. The van der Waals surface area contributed by atoms with Crippen LogP contribution in [0.4, 0.5) is 0 Å². The number of hydrogen-bond acceptors (Lipinski definition) is 3. The van der Waals surface area contributed by atoms with Crippen LogP contribution in [0, 0.1) is 11.8 Å². The topological polar surface area (TPSA) is 25.4 Å². The normalized spacial score (nSPS) is 10.1. The van der Waals surface area contributed by atoms with Crippen LogP contribution in [0.5, 0.6) is 5.75 Å². The molecule has 0 aliphatic heterocycles. The van der Waals surface area contributed by atoms with Crippen LogP contribution in [0.1, 0.15) is 25.8 Å². The monoisotopic (exact) mass is 280 g/mol. The van der Waals surface area contributed by atoms with Crippen molar-refractivity contribution in [2.24, 2.45) is 0 Å². The zero-order chi connectivity index (χ0) is 13.9. The Bertz CT molecular complexity index is 422. The van der Waals surface area contributed by atoms with Gasteiger partial charge in [-0.1, -0.05) is 25.7 Å². The smallest absolute Gasteiger partial charge is 0.138 e. The third-order valence-corrected chi connectivity index (χ3v) is 2.93. The van der Waals surface area contributed by atoms with E-state index in [0.29, 0.717) is 18.9 Å². The molecule has 1 heterocycles. The van der Waals surface area contributed by atoms with Crippen molar-refractivity contribution in [1.29, 1.82) is 0 Å². The fraction of sp³-hybridized carbons (Fsp3) is 0.533. The van der Waals surface area contributed by atoms with Gasteiger partial charge in [0.05, 0.1) is 6.20 Å². The lowest BCUT2D eigenvalue weighted by Gasteiger charge is -2.17. The molecule has 0 aliphatic rings. The minimum Gasteiger partial charge on any atom is -0.491 e. The summed E-state index contributed by atoms with van der Waals surface area (Å²) in [7, 11) is 0. The first-order valence-corrected chi connectivity index (χ1v) is 7.18. The highest BCUT2D eigenvalue weighted by Gasteiger charge is 2.00. The Kier molecular flexibility index (Phi) is 8.04. The van der Waals surface area contributed by atoms with Crippen molar-refractivity contribution in [3.63, 3.8) is 0 Å². The third-order valence-electron chi connectivity index (χ3n) is 2.74. The SMILES string of the molecule is CCN(CC)CCOc1cncc(C#CCCCl)c1. The molecule has 0 unspecified atom stereocenters. The van der Waals surface area contributed by atoms with Crippen molar-refractivity contribution in [2.45, 2.75) is 20.3 Å². The van der Waals surface area contributed by atoms with Crippen LogP contribution in [0.25, 0.3) is 0 Å². The van der Waals surface area contributed by atoms with E-state index in [2.05, 4.69) is 35.6 Å². The molecule has 0 radical (unpaired) electrons. The summed E-state index contributed by atoms with van der Waals surface area (Å²) in [4.78, 5) is 6.44. The van der Waals surface area contributed by atoms with Gasteiger partial charge in [-0.05, 0) is 19.2 Å². The molecule has 3 nitrogen and oxygen atoms in total. The Morgan fingerprint density at radius 1 is 1.32 bits per heavy atom. The highest BCUT2D eigenvalue weighted by atomic mass is 35.5. The first-order chi connectivity index (χ1) is 9.30. The maximum atomic E-state index is 5.69. The summed E-state index contributed by atoms with van der Waals surface area (Å²) in [5.74, 6) is 7.33. The fourth-order valence-corrected chi connectivity index (χ4v) is 1.70. The molecule has 104 valence electrons. The minimum atomic E-state index is 0.556. The fourth-order valence-electron chi connectivity index (χ4n) is 1.61. The Balaban J connectivity index is 2.46. The maximum absolute atomic E-state index is 5.69. The largest absolute Gasteiger partial charge is 0.491 e. The Morgan fingerprint density at radius 2 is 2.11 bits per heavy atom. The molecule has 0 spiro atoms. The van der Waals surface area contributed by atoms with Gasteiger partial charge in [0.1, 0.15) is 12.4 Å². The molecular formula is C15H21ClN2O. The van der Waals surface area contributed by atoms with E-state index in [4.69, 9.17) is 16.3 Å². The Labute approximate surface area is 120 Å². The molecule has 0 aromatic carbocycles. The second-order valence-electron chi connectivity index (χ2n) is 4.03. The molecule has 4 heteroatoms. The molecule has 0 N–H and O–H groups in total. The molecule has 1 aromatic heterocycles. The standard InChI is InChI=1S/C15H21ClN2O/c1-3-18(4-2)9-10-19-15-11-14(12-17-13-15)7-5-6-8-16/h11-13H,3-4,6,8-10H2,1-2H3. The number of aromatic nitrogens is 1. The van der Waals surface area contributed by atoms with Gasteiger partial charge in [0, 0.05) is 30.6 Å². The number of alkyl halides is 1. The van der Waals surface area contributed by atoms with E-state index in [0.717, 1.165) is 30.9 Å². The molecule has 0 saturated carbocycles. The van der Waals surface area contributed by atoms with Gasteiger partial charge in [0.25, 0.3) is 0 Å². The lowest BCUT2D eigenvalue weighted by atomic mass is 10.2. The van der Waals surface area contributed by atoms with Crippen LogP contribution in [0.3, 0.4) is 0 Å². The van der Waals surface area contributed by atoms with Crippen molar-refractivity contribution >= 4 is 11.6 Å². The summed E-state index contributed by atoms with van der Waals surface area (Å²) in [5, 5.41) is 0. The van der Waals surface area contributed by atoms with Gasteiger partial charge in [0.2, 0.25) is 0 Å². The minimum absolute atomic E-state index is 0.556. The number of likely N-dealkylation sites (N-methyl/N-ethyl adjacent to an activating group) is 1. The molecule has 19 heavy (non-hydrogen) atoms. The van der Waals surface area contributed by atoms with Crippen molar-refractivity contribution < 1.29 is 4.74 Å². The van der Waals surface area contributed by atoms with E-state index in [1.165, 1.54) is 0 Å². The number of ether oxygens (including phenoxy) is 1. The Hall–Kier alpha value is -1.24. The quantitative estimate of drug-likeness (QED) is 0.567. The highest BCUT2D eigenvalue weighted by Crippen LogP contribution is 2.10. The van der Waals surface area contributed by atoms with Gasteiger partial charge < -0.3 is 9.64 Å². The second kappa shape index (κ2) is 9.66. The molecule has 0 bridgehead atoms. The van der Waals surface area contributed by atoms with Crippen LogP contribution >= 0.6 is 11.6 Å². The second-order valence-corrected chi connectivity index (χ2v) is 4.40. The number of rotatable bonds is 7. The highest BCUT2D eigenvalue weighted by molar-refractivity contribution is 6.18. The molecule has 0 atom stereocenters. The first-order valence-electron chi connectivity index (χ1n) is 6.65. The van der Waals surface area contributed by atoms with Crippen LogP contribution in [-0.4, -0.2) is 42.0 Å². The molecular weight excluding hydrogens is 260 g/mol. The van der Waals surface area contributed by atoms with Crippen LogP contribution in [-0.2, 0) is 0 Å². The van der Waals surface area contributed by atoms with Crippen LogP contribution < -0.4 is 4.74 Å². The number of nitrogens with zero attached hydrogens (tertiary/aromatic N) is 2. The van der Waals surface area contributed by atoms with Gasteiger partial charge in [-0.15, -0.1) is 11.6 Å². The molecule has 0 amide bonds. The summed E-state index contributed by atoms with van der Waals surface area (Å²) in [5.41, 5.74) is 0.866. The van der Waals surface area contributed by atoms with Crippen molar-refractivity contribution in [1.82, 2.24) is 9.88 Å². The zero-order valence-corrected chi connectivity index (χ0v) is 12.4. The van der Waals surface area contributed by atoms with E-state index >= 15 is 0 Å². The van der Waals surface area contributed by atoms with E-state index in [1.54, 1.807) is 12.4 Å². The average Bonchev–Trinajstić information content (AvgIpc) is 2.44. The van der Waals surface area contributed by atoms with Crippen molar-refractivity contribution in [3.05, 3.63) is 24.0 Å². The van der Waals surface area contributed by atoms with Gasteiger partial charge in [0.15, 0.2) is 0 Å². The number of pyridine rings is 1. The van der Waals surface area contributed by atoms with Crippen molar-refractivity contribution in [2.75, 3.05) is 32.1 Å². The van der Waals surface area contributed by atoms with Gasteiger partial charge >= 0.3 is 0 Å². The molecule has 1 rings (SSSR count). The average molecular weight is 281 g/mol. The maximum Gasteiger partial charge on any atom is 0.138 e. The third kappa shape index (κ3) is 6.47. The molecule has 1 aromatic rings. The number of halogens is 1. The number of hydrogen-bond donors (Lipinski definition) is 0. The summed E-state index contributed by atoms with van der Waals surface area (Å²) in [6.45, 7) is 7.98. The summed E-state index contributed by atoms with van der Waals surface area (Å²) >= 11 is 5.58. The van der Waals surface area contributed by atoms with E-state index in [9.17, 15) is 0 Å². The predicted octanol–water partition coefficient (Wildman–Crippen LogP) is 2.78. The van der Waals surface area contributed by atoms with E-state index in [1.807, 2.05) is 6.07 Å². The zero-order valence-electron chi connectivity index (χ0n) is 11.7. The summed E-state index contributed by atoms with van der Waals surface area (Å²) < 4.78 is 5.69. The van der Waals surface area contributed by atoms with Gasteiger partial charge in [-0.3, -0.25) is 4.98 Å². The molecule has 0 saturated heterocycles. The van der Waals surface area contributed by atoms with Gasteiger partial charge in [-0.25, -0.2) is 0 Å². The molecule has 0 fully saturated rings. The lowest BCUT2D eigenvalue weighted by molar-refractivity contribution is 0.222. The summed E-state index contributed by atoms with van der Waals surface area (Å²) in [6.07, 6.45) is 4.14. The van der Waals surface area contributed by atoms with Gasteiger partial charge in [-0.2, -0.15) is 0 Å². The van der Waals surface area contributed by atoms with E-state index in [-0.39, 0.29) is 0 Å². The molecule has 0 aliphatic carbocycles. The summed E-state index contributed by atoms with van der Waals surface area (Å²) in [6, 6.07) is 1.91. The van der Waals surface area contributed by atoms with Crippen LogP contribution in [0.2, 0.25) is 0 Å². The first kappa shape index (κ1) is 15.8.